The Morgan fingerprint density at radius 3 is 2.60 bits per heavy atom. The lowest BCUT2D eigenvalue weighted by Gasteiger charge is -2.10. The average Bonchev–Trinajstić information content (AvgIpc) is 2.88. The van der Waals surface area contributed by atoms with Crippen molar-refractivity contribution in [3.8, 4) is 0 Å². The summed E-state index contributed by atoms with van der Waals surface area (Å²) in [5.41, 5.74) is 6.13. The van der Waals surface area contributed by atoms with Gasteiger partial charge >= 0.3 is 0 Å². The number of nitrogens with one attached hydrogen (secondary N) is 2. The lowest BCUT2D eigenvalue weighted by Crippen LogP contribution is -2.15. The first-order valence-electron chi connectivity index (χ1n) is 8.58. The Hall–Kier alpha value is -2.59. The number of nitrogens with zero attached hydrogens (tertiary/aromatic N) is 1. The Labute approximate surface area is 148 Å². The molecule has 0 bridgehead atoms. The van der Waals surface area contributed by atoms with E-state index < -0.39 is 0 Å². The summed E-state index contributed by atoms with van der Waals surface area (Å²) in [5, 5.41) is 4.21. The maximum Gasteiger partial charge on any atom is 0.255 e. The van der Waals surface area contributed by atoms with Crippen LogP contribution in [0.15, 0.2) is 42.5 Å². The molecule has 0 aliphatic carbocycles. The lowest BCUT2D eigenvalue weighted by atomic mass is 10.1. The van der Waals surface area contributed by atoms with Crippen LogP contribution in [0, 0.1) is 13.8 Å². The van der Waals surface area contributed by atoms with E-state index in [2.05, 4.69) is 42.3 Å². The van der Waals surface area contributed by atoms with Crippen molar-refractivity contribution in [1.82, 2.24) is 9.88 Å². The Morgan fingerprint density at radius 1 is 1.12 bits per heavy atom. The zero-order valence-electron chi connectivity index (χ0n) is 15.3. The minimum absolute atomic E-state index is 0.0699. The van der Waals surface area contributed by atoms with Gasteiger partial charge in [0.25, 0.3) is 5.91 Å². The molecule has 0 saturated carbocycles. The van der Waals surface area contributed by atoms with Gasteiger partial charge in [0.1, 0.15) is 0 Å². The second-order valence-electron chi connectivity index (χ2n) is 6.81. The molecule has 0 fully saturated rings. The summed E-state index contributed by atoms with van der Waals surface area (Å²) in [7, 11) is 4.16. The summed E-state index contributed by atoms with van der Waals surface area (Å²) in [6, 6.07) is 13.7. The SMILES string of the molecule is Cc1ccccc1C(=O)Nc1ccc2[nH]c(C)c(CCN(C)C)c2c1. The van der Waals surface area contributed by atoms with Crippen molar-refractivity contribution in [2.24, 2.45) is 0 Å². The third kappa shape index (κ3) is 3.74. The van der Waals surface area contributed by atoms with Gasteiger partial charge in [0, 0.05) is 34.4 Å². The molecule has 4 heteroatoms. The molecule has 25 heavy (non-hydrogen) atoms. The molecule has 0 unspecified atom stereocenters. The van der Waals surface area contributed by atoms with E-state index in [1.807, 2.05) is 43.3 Å². The Kier molecular flexibility index (Phi) is 4.91. The molecular weight excluding hydrogens is 310 g/mol. The molecule has 0 radical (unpaired) electrons. The first kappa shape index (κ1) is 17.2. The van der Waals surface area contributed by atoms with Crippen molar-refractivity contribution in [1.29, 1.82) is 0 Å². The van der Waals surface area contributed by atoms with E-state index in [1.165, 1.54) is 16.6 Å². The summed E-state index contributed by atoms with van der Waals surface area (Å²) < 4.78 is 0. The molecule has 2 N–H and O–H groups in total. The number of rotatable bonds is 5. The van der Waals surface area contributed by atoms with E-state index >= 15 is 0 Å². The molecule has 0 atom stereocenters. The van der Waals surface area contributed by atoms with Crippen LogP contribution in [0.1, 0.15) is 27.2 Å². The molecule has 0 spiro atoms. The summed E-state index contributed by atoms with van der Waals surface area (Å²) >= 11 is 0. The second-order valence-corrected chi connectivity index (χ2v) is 6.81. The summed E-state index contributed by atoms with van der Waals surface area (Å²) in [6.07, 6.45) is 0.980. The molecule has 2 aromatic carbocycles. The van der Waals surface area contributed by atoms with Gasteiger partial charge in [-0.3, -0.25) is 4.79 Å². The highest BCUT2D eigenvalue weighted by Crippen LogP contribution is 2.26. The van der Waals surface area contributed by atoms with Gasteiger partial charge in [-0.15, -0.1) is 0 Å². The number of aryl methyl sites for hydroxylation is 2. The van der Waals surface area contributed by atoms with Crippen LogP contribution in [0.25, 0.3) is 10.9 Å². The molecule has 130 valence electrons. The molecule has 0 saturated heterocycles. The van der Waals surface area contributed by atoms with Gasteiger partial charge in [-0.25, -0.2) is 0 Å². The van der Waals surface area contributed by atoms with Crippen molar-refractivity contribution < 1.29 is 4.79 Å². The third-order valence-corrected chi connectivity index (χ3v) is 4.58. The van der Waals surface area contributed by atoms with E-state index in [9.17, 15) is 4.79 Å². The maximum atomic E-state index is 12.6. The molecule has 0 aliphatic rings. The minimum atomic E-state index is -0.0699. The van der Waals surface area contributed by atoms with Crippen LogP contribution in [0.2, 0.25) is 0 Å². The van der Waals surface area contributed by atoms with Crippen LogP contribution in [-0.4, -0.2) is 36.4 Å². The zero-order chi connectivity index (χ0) is 18.0. The predicted molar refractivity (Wildman–Crippen MR) is 104 cm³/mol. The summed E-state index contributed by atoms with van der Waals surface area (Å²) in [6.45, 7) is 5.05. The second kappa shape index (κ2) is 7.11. The van der Waals surface area contributed by atoms with Gasteiger partial charge in [-0.05, 0) is 69.8 Å². The fourth-order valence-corrected chi connectivity index (χ4v) is 3.14. The van der Waals surface area contributed by atoms with Gasteiger partial charge in [0.05, 0.1) is 0 Å². The van der Waals surface area contributed by atoms with Crippen molar-refractivity contribution in [2.75, 3.05) is 26.0 Å². The number of carbonyl (C=O) groups excluding carboxylic acids is 1. The number of H-pyrrole nitrogens is 1. The molecule has 1 heterocycles. The van der Waals surface area contributed by atoms with Crippen molar-refractivity contribution in [2.45, 2.75) is 20.3 Å². The number of benzene rings is 2. The van der Waals surface area contributed by atoms with Gasteiger partial charge in [0.15, 0.2) is 0 Å². The molecule has 1 aromatic heterocycles. The number of hydrogen-bond acceptors (Lipinski definition) is 2. The number of likely N-dealkylation sites (N-methyl/N-ethyl adjacent to an activating group) is 1. The van der Waals surface area contributed by atoms with E-state index in [-0.39, 0.29) is 5.91 Å². The largest absolute Gasteiger partial charge is 0.358 e. The molecule has 1 amide bonds. The van der Waals surface area contributed by atoms with Crippen LogP contribution in [0.5, 0.6) is 0 Å². The molecule has 3 aromatic rings. The highest BCUT2D eigenvalue weighted by Gasteiger charge is 2.12. The van der Waals surface area contributed by atoms with Crippen molar-refractivity contribution in [3.63, 3.8) is 0 Å². The van der Waals surface area contributed by atoms with Crippen LogP contribution in [-0.2, 0) is 6.42 Å². The van der Waals surface area contributed by atoms with E-state index in [0.29, 0.717) is 5.56 Å². The number of fused-ring (bicyclic) bond motifs is 1. The quantitative estimate of drug-likeness (QED) is 0.736. The normalized spacial score (nSPS) is 11.2. The Balaban J connectivity index is 1.89. The number of aromatic nitrogens is 1. The maximum absolute atomic E-state index is 12.6. The van der Waals surface area contributed by atoms with Crippen molar-refractivity contribution >= 4 is 22.5 Å². The highest BCUT2D eigenvalue weighted by molar-refractivity contribution is 6.06. The van der Waals surface area contributed by atoms with Gasteiger partial charge in [0.2, 0.25) is 0 Å². The van der Waals surface area contributed by atoms with Gasteiger partial charge in [-0.1, -0.05) is 18.2 Å². The Morgan fingerprint density at radius 2 is 1.88 bits per heavy atom. The highest BCUT2D eigenvalue weighted by atomic mass is 16.1. The molecule has 3 rings (SSSR count). The number of amides is 1. The van der Waals surface area contributed by atoms with Crippen LogP contribution >= 0.6 is 0 Å². The van der Waals surface area contributed by atoms with Crippen LogP contribution in [0.3, 0.4) is 0 Å². The number of anilines is 1. The minimum Gasteiger partial charge on any atom is -0.358 e. The standard InChI is InChI=1S/C21H25N3O/c1-14-7-5-6-8-17(14)21(25)23-16-9-10-20-19(13-16)18(15(2)22-20)11-12-24(3)4/h5-10,13,22H,11-12H2,1-4H3,(H,23,25). The third-order valence-electron chi connectivity index (χ3n) is 4.58. The molecule has 4 nitrogen and oxygen atoms in total. The zero-order valence-corrected chi connectivity index (χ0v) is 15.3. The van der Waals surface area contributed by atoms with Gasteiger partial charge < -0.3 is 15.2 Å². The van der Waals surface area contributed by atoms with E-state index in [0.717, 1.165) is 29.7 Å². The predicted octanol–water partition coefficient (Wildman–Crippen LogP) is 4.14. The lowest BCUT2D eigenvalue weighted by molar-refractivity contribution is 0.102. The molecule has 0 aliphatic heterocycles. The number of aromatic amines is 1. The fraction of sp³-hybridized carbons (Fsp3) is 0.286. The monoisotopic (exact) mass is 335 g/mol. The molecular formula is C21H25N3O. The van der Waals surface area contributed by atoms with E-state index in [1.54, 1.807) is 0 Å². The van der Waals surface area contributed by atoms with E-state index in [4.69, 9.17) is 0 Å². The first-order chi connectivity index (χ1) is 12.0. The fourth-order valence-electron chi connectivity index (χ4n) is 3.14. The smallest absolute Gasteiger partial charge is 0.255 e. The van der Waals surface area contributed by atoms with Crippen LogP contribution in [0.4, 0.5) is 5.69 Å². The van der Waals surface area contributed by atoms with Crippen molar-refractivity contribution in [3.05, 3.63) is 64.8 Å². The summed E-state index contributed by atoms with van der Waals surface area (Å²) in [5.74, 6) is -0.0699. The average molecular weight is 335 g/mol. The van der Waals surface area contributed by atoms with Crippen LogP contribution < -0.4 is 5.32 Å². The van der Waals surface area contributed by atoms with Gasteiger partial charge in [-0.2, -0.15) is 0 Å². The topological polar surface area (TPSA) is 48.1 Å². The number of carbonyl (C=O) groups is 1. The first-order valence-corrected chi connectivity index (χ1v) is 8.58. The Bertz CT molecular complexity index is 909. The number of hydrogen-bond donors (Lipinski definition) is 2. The summed E-state index contributed by atoms with van der Waals surface area (Å²) in [4.78, 5) is 18.2.